The van der Waals surface area contributed by atoms with Gasteiger partial charge in [0.2, 0.25) is 0 Å². The van der Waals surface area contributed by atoms with Gasteiger partial charge < -0.3 is 5.32 Å². The maximum Gasteiger partial charge on any atom is 0.0777 e. The van der Waals surface area contributed by atoms with E-state index in [9.17, 15) is 0 Å². The third kappa shape index (κ3) is 3.05. The Balaban J connectivity index is 1.79. The number of rotatable bonds is 3. The molecule has 1 atom stereocenters. The molecule has 1 saturated heterocycles. The Kier molecular flexibility index (Phi) is 4.28. The van der Waals surface area contributed by atoms with Gasteiger partial charge in [-0.2, -0.15) is 0 Å². The molecule has 1 unspecified atom stereocenters. The lowest BCUT2D eigenvalue weighted by molar-refractivity contribution is 0.196. The highest BCUT2D eigenvalue weighted by Gasteiger charge is 2.25. The molecule has 24 heavy (non-hydrogen) atoms. The molecule has 0 amide bonds. The molecule has 3 nitrogen and oxygen atoms in total. The molecule has 3 heteroatoms. The minimum absolute atomic E-state index is 0.220. The SMILES string of the molecule is Cc1ccc(C(c2ccc3ccccc3n2)N2CCNCC2)cc1. The highest BCUT2D eigenvalue weighted by atomic mass is 15.2. The van der Waals surface area contributed by atoms with Crippen LogP contribution in [0.25, 0.3) is 10.9 Å². The van der Waals surface area contributed by atoms with E-state index in [1.807, 2.05) is 0 Å². The van der Waals surface area contributed by atoms with Crippen molar-refractivity contribution >= 4 is 10.9 Å². The number of piperazine rings is 1. The van der Waals surface area contributed by atoms with Gasteiger partial charge in [-0.25, -0.2) is 0 Å². The molecule has 0 spiro atoms. The van der Waals surface area contributed by atoms with Crippen molar-refractivity contribution in [1.82, 2.24) is 15.2 Å². The molecule has 1 fully saturated rings. The summed E-state index contributed by atoms with van der Waals surface area (Å²) < 4.78 is 0. The molecule has 1 aliphatic rings. The topological polar surface area (TPSA) is 28.2 Å². The molecule has 3 aromatic rings. The average molecular weight is 317 g/mol. The minimum atomic E-state index is 0.220. The predicted molar refractivity (Wildman–Crippen MR) is 99.2 cm³/mol. The van der Waals surface area contributed by atoms with Gasteiger partial charge in [0.1, 0.15) is 0 Å². The first-order valence-corrected chi connectivity index (χ1v) is 8.68. The van der Waals surface area contributed by atoms with Crippen molar-refractivity contribution in [3.8, 4) is 0 Å². The Morgan fingerprint density at radius 3 is 2.46 bits per heavy atom. The Morgan fingerprint density at radius 2 is 1.67 bits per heavy atom. The molecular formula is C21H23N3. The molecule has 0 saturated carbocycles. The van der Waals surface area contributed by atoms with Gasteiger partial charge in [-0.15, -0.1) is 0 Å². The van der Waals surface area contributed by atoms with Crippen molar-refractivity contribution in [3.63, 3.8) is 0 Å². The van der Waals surface area contributed by atoms with E-state index in [1.165, 1.54) is 16.5 Å². The third-order valence-electron chi connectivity index (χ3n) is 4.81. The van der Waals surface area contributed by atoms with E-state index in [1.54, 1.807) is 0 Å². The van der Waals surface area contributed by atoms with Crippen molar-refractivity contribution in [2.45, 2.75) is 13.0 Å². The quantitative estimate of drug-likeness (QED) is 0.801. The molecule has 1 aliphatic heterocycles. The van der Waals surface area contributed by atoms with Crippen LogP contribution in [0.4, 0.5) is 0 Å². The number of hydrogen-bond donors (Lipinski definition) is 1. The monoisotopic (exact) mass is 317 g/mol. The van der Waals surface area contributed by atoms with Gasteiger partial charge in [0.25, 0.3) is 0 Å². The van der Waals surface area contributed by atoms with Crippen LogP contribution in [-0.4, -0.2) is 36.1 Å². The van der Waals surface area contributed by atoms with E-state index in [-0.39, 0.29) is 6.04 Å². The Labute approximate surface area is 143 Å². The Bertz CT molecular complexity index is 820. The van der Waals surface area contributed by atoms with E-state index in [0.29, 0.717) is 0 Å². The first-order valence-electron chi connectivity index (χ1n) is 8.68. The van der Waals surface area contributed by atoms with E-state index < -0.39 is 0 Å². The fourth-order valence-corrected chi connectivity index (χ4v) is 3.49. The van der Waals surface area contributed by atoms with Gasteiger partial charge in [-0.1, -0.05) is 54.1 Å². The lowest BCUT2D eigenvalue weighted by atomic mass is 9.99. The van der Waals surface area contributed by atoms with Crippen LogP contribution in [0.3, 0.4) is 0 Å². The molecule has 1 N–H and O–H groups in total. The van der Waals surface area contributed by atoms with Crippen LogP contribution in [0.15, 0.2) is 60.7 Å². The zero-order valence-corrected chi connectivity index (χ0v) is 14.1. The first kappa shape index (κ1) is 15.3. The molecule has 4 rings (SSSR count). The maximum absolute atomic E-state index is 4.99. The minimum Gasteiger partial charge on any atom is -0.314 e. The Morgan fingerprint density at radius 1 is 0.917 bits per heavy atom. The van der Waals surface area contributed by atoms with Crippen molar-refractivity contribution < 1.29 is 0 Å². The Hall–Kier alpha value is -2.23. The number of para-hydroxylation sites is 1. The molecular weight excluding hydrogens is 294 g/mol. The van der Waals surface area contributed by atoms with E-state index >= 15 is 0 Å². The number of benzene rings is 2. The van der Waals surface area contributed by atoms with Gasteiger partial charge in [0, 0.05) is 31.6 Å². The summed E-state index contributed by atoms with van der Waals surface area (Å²) in [5.74, 6) is 0. The van der Waals surface area contributed by atoms with E-state index in [0.717, 1.165) is 37.4 Å². The molecule has 122 valence electrons. The van der Waals surface area contributed by atoms with Crippen LogP contribution in [0.5, 0.6) is 0 Å². The molecule has 0 bridgehead atoms. The number of fused-ring (bicyclic) bond motifs is 1. The van der Waals surface area contributed by atoms with Crippen LogP contribution >= 0.6 is 0 Å². The van der Waals surface area contributed by atoms with Crippen LogP contribution in [-0.2, 0) is 0 Å². The largest absolute Gasteiger partial charge is 0.314 e. The number of nitrogens with one attached hydrogen (secondary N) is 1. The summed E-state index contributed by atoms with van der Waals surface area (Å²) in [6, 6.07) is 21.9. The first-order chi connectivity index (χ1) is 11.8. The summed E-state index contributed by atoms with van der Waals surface area (Å²) in [5, 5.41) is 4.65. The van der Waals surface area contributed by atoms with Crippen LogP contribution < -0.4 is 5.32 Å². The molecule has 1 aromatic heterocycles. The molecule has 0 aliphatic carbocycles. The lowest BCUT2D eigenvalue weighted by Gasteiger charge is -2.35. The van der Waals surface area contributed by atoms with Crippen LogP contribution in [0.2, 0.25) is 0 Å². The number of nitrogens with zero attached hydrogens (tertiary/aromatic N) is 2. The van der Waals surface area contributed by atoms with Gasteiger partial charge in [0.15, 0.2) is 0 Å². The summed E-state index contributed by atoms with van der Waals surface area (Å²) >= 11 is 0. The predicted octanol–water partition coefficient (Wildman–Crippen LogP) is 3.54. The van der Waals surface area contributed by atoms with E-state index in [2.05, 4.69) is 77.8 Å². The van der Waals surface area contributed by atoms with Gasteiger partial charge >= 0.3 is 0 Å². The van der Waals surface area contributed by atoms with Crippen molar-refractivity contribution in [1.29, 1.82) is 0 Å². The number of pyridine rings is 1. The highest BCUT2D eigenvalue weighted by Crippen LogP contribution is 2.29. The van der Waals surface area contributed by atoms with E-state index in [4.69, 9.17) is 4.98 Å². The lowest BCUT2D eigenvalue weighted by Crippen LogP contribution is -2.45. The smallest absolute Gasteiger partial charge is 0.0777 e. The summed E-state index contributed by atoms with van der Waals surface area (Å²) in [5.41, 5.74) is 4.83. The van der Waals surface area contributed by atoms with Crippen LogP contribution in [0.1, 0.15) is 22.9 Å². The zero-order chi connectivity index (χ0) is 16.4. The number of aryl methyl sites for hydroxylation is 1. The second-order valence-electron chi connectivity index (χ2n) is 6.53. The second kappa shape index (κ2) is 6.71. The fourth-order valence-electron chi connectivity index (χ4n) is 3.49. The third-order valence-corrected chi connectivity index (χ3v) is 4.81. The van der Waals surface area contributed by atoms with Gasteiger partial charge in [0.05, 0.1) is 17.3 Å². The number of aromatic nitrogens is 1. The molecule has 2 heterocycles. The average Bonchev–Trinajstić information content (AvgIpc) is 2.64. The number of hydrogen-bond acceptors (Lipinski definition) is 3. The standard InChI is InChI=1S/C21H23N3/c1-16-6-8-18(9-7-16)21(24-14-12-22-13-15-24)20-11-10-17-4-2-3-5-19(17)23-20/h2-11,21-22H,12-15H2,1H3. The summed E-state index contributed by atoms with van der Waals surface area (Å²) in [7, 11) is 0. The molecule has 2 aromatic carbocycles. The van der Waals surface area contributed by atoms with Gasteiger partial charge in [-0.05, 0) is 24.6 Å². The van der Waals surface area contributed by atoms with Crippen molar-refractivity contribution in [2.24, 2.45) is 0 Å². The second-order valence-corrected chi connectivity index (χ2v) is 6.53. The fraction of sp³-hybridized carbons (Fsp3) is 0.286. The highest BCUT2D eigenvalue weighted by molar-refractivity contribution is 5.78. The molecule has 0 radical (unpaired) electrons. The summed E-state index contributed by atoms with van der Waals surface area (Å²) in [4.78, 5) is 7.53. The van der Waals surface area contributed by atoms with Crippen molar-refractivity contribution in [2.75, 3.05) is 26.2 Å². The normalized spacial score (nSPS) is 17.0. The van der Waals surface area contributed by atoms with Crippen molar-refractivity contribution in [3.05, 3.63) is 77.5 Å². The van der Waals surface area contributed by atoms with Crippen LogP contribution in [0, 0.1) is 6.92 Å². The maximum atomic E-state index is 4.99. The summed E-state index contributed by atoms with van der Waals surface area (Å²) in [6.07, 6.45) is 0. The van der Waals surface area contributed by atoms with Gasteiger partial charge in [-0.3, -0.25) is 9.88 Å². The summed E-state index contributed by atoms with van der Waals surface area (Å²) in [6.45, 7) is 6.31. The zero-order valence-electron chi connectivity index (χ0n) is 14.1.